The number of hydrogen-bond donors (Lipinski definition) is 2. The molecule has 6 nitrogen and oxygen atoms in total. The summed E-state index contributed by atoms with van der Waals surface area (Å²) in [6.07, 6.45) is 4.64. The first kappa shape index (κ1) is 17.7. The number of rotatable bonds is 10. The number of aromatic nitrogens is 1. The first-order valence-electron chi connectivity index (χ1n) is 8.19. The number of carboxylic acids is 1. The van der Waals surface area contributed by atoms with E-state index in [1.165, 1.54) is 0 Å². The monoisotopic (exact) mass is 330 g/mol. The van der Waals surface area contributed by atoms with E-state index in [1.54, 1.807) is 6.07 Å². The predicted molar refractivity (Wildman–Crippen MR) is 89.6 cm³/mol. The zero-order valence-electron chi connectivity index (χ0n) is 13.5. The third-order valence-electron chi connectivity index (χ3n) is 3.66. The largest absolute Gasteiger partial charge is 0.481 e. The molecule has 1 aromatic carbocycles. The Morgan fingerprint density at radius 1 is 1.04 bits per heavy atom. The Hall–Kier alpha value is -2.63. The van der Waals surface area contributed by atoms with Crippen molar-refractivity contribution in [3.63, 3.8) is 0 Å². The fraction of sp³-hybridized carbons (Fsp3) is 0.389. The van der Waals surface area contributed by atoms with Gasteiger partial charge >= 0.3 is 5.97 Å². The molecule has 0 aliphatic rings. The SMILES string of the molecule is O=C(O)CCCCCCCNC(=O)c1cc(-c2ccccc2)no1. The van der Waals surface area contributed by atoms with E-state index in [1.807, 2.05) is 30.3 Å². The number of aliphatic carboxylic acids is 1. The molecule has 0 saturated heterocycles. The molecule has 2 rings (SSSR count). The second-order valence-corrected chi connectivity index (χ2v) is 5.61. The number of carbonyl (C=O) groups is 2. The van der Waals surface area contributed by atoms with E-state index < -0.39 is 5.97 Å². The van der Waals surface area contributed by atoms with E-state index in [4.69, 9.17) is 9.63 Å². The lowest BCUT2D eigenvalue weighted by atomic mass is 10.1. The van der Waals surface area contributed by atoms with Gasteiger partial charge in [-0.3, -0.25) is 9.59 Å². The molecule has 1 heterocycles. The molecule has 0 spiro atoms. The molecule has 2 N–H and O–H groups in total. The number of benzene rings is 1. The van der Waals surface area contributed by atoms with Crippen LogP contribution in [0.4, 0.5) is 0 Å². The standard InChI is InChI=1S/C18H22N2O4/c21-17(22)11-7-2-1-3-8-12-19-18(23)16-13-15(20-24-16)14-9-5-4-6-10-14/h4-6,9-10,13H,1-3,7-8,11-12H2,(H,19,23)(H,21,22). The topological polar surface area (TPSA) is 92.4 Å². The first-order chi connectivity index (χ1) is 11.7. The van der Waals surface area contributed by atoms with Crippen LogP contribution in [0, 0.1) is 0 Å². The number of unbranched alkanes of at least 4 members (excludes halogenated alkanes) is 4. The number of nitrogens with zero attached hydrogens (tertiary/aromatic N) is 1. The quantitative estimate of drug-likeness (QED) is 0.650. The summed E-state index contributed by atoms with van der Waals surface area (Å²) in [6.45, 7) is 0.569. The van der Waals surface area contributed by atoms with Gasteiger partial charge in [0.05, 0.1) is 0 Å². The van der Waals surface area contributed by atoms with Gasteiger partial charge in [0.25, 0.3) is 5.91 Å². The molecular weight excluding hydrogens is 308 g/mol. The molecule has 2 aromatic rings. The van der Waals surface area contributed by atoms with Gasteiger partial charge in [-0.2, -0.15) is 0 Å². The maximum Gasteiger partial charge on any atom is 0.303 e. The Balaban J connectivity index is 1.65. The predicted octanol–water partition coefficient (Wildman–Crippen LogP) is 3.50. The van der Waals surface area contributed by atoms with Crippen LogP contribution in [0.2, 0.25) is 0 Å². The molecule has 0 aliphatic carbocycles. The van der Waals surface area contributed by atoms with Gasteiger partial charge in [-0.1, -0.05) is 54.8 Å². The summed E-state index contributed by atoms with van der Waals surface area (Å²) >= 11 is 0. The summed E-state index contributed by atoms with van der Waals surface area (Å²) < 4.78 is 5.10. The summed E-state index contributed by atoms with van der Waals surface area (Å²) in [5, 5.41) is 15.3. The third kappa shape index (κ3) is 5.87. The Bertz CT molecular complexity index is 652. The van der Waals surface area contributed by atoms with E-state index in [0.29, 0.717) is 18.7 Å². The number of carbonyl (C=O) groups excluding carboxylic acids is 1. The van der Waals surface area contributed by atoms with Crippen molar-refractivity contribution in [3.05, 3.63) is 42.2 Å². The maximum absolute atomic E-state index is 12.0. The zero-order chi connectivity index (χ0) is 17.2. The molecule has 0 aliphatic heterocycles. The first-order valence-corrected chi connectivity index (χ1v) is 8.19. The minimum Gasteiger partial charge on any atom is -0.481 e. The minimum absolute atomic E-state index is 0.204. The minimum atomic E-state index is -0.746. The van der Waals surface area contributed by atoms with Crippen LogP contribution >= 0.6 is 0 Å². The van der Waals surface area contributed by atoms with E-state index in [0.717, 1.165) is 31.2 Å². The third-order valence-corrected chi connectivity index (χ3v) is 3.66. The molecule has 0 radical (unpaired) electrons. The smallest absolute Gasteiger partial charge is 0.303 e. The van der Waals surface area contributed by atoms with Crippen LogP contribution in [0.5, 0.6) is 0 Å². The van der Waals surface area contributed by atoms with E-state index >= 15 is 0 Å². The Labute approximate surface area is 140 Å². The van der Waals surface area contributed by atoms with E-state index in [-0.39, 0.29) is 18.1 Å². The summed E-state index contributed by atoms with van der Waals surface area (Å²) in [7, 11) is 0. The van der Waals surface area contributed by atoms with E-state index in [9.17, 15) is 9.59 Å². The molecular formula is C18H22N2O4. The number of hydrogen-bond acceptors (Lipinski definition) is 4. The van der Waals surface area contributed by atoms with Gasteiger partial charge in [-0.15, -0.1) is 0 Å². The van der Waals surface area contributed by atoms with Crippen LogP contribution in [0.3, 0.4) is 0 Å². The lowest BCUT2D eigenvalue weighted by Gasteiger charge is -2.02. The van der Waals surface area contributed by atoms with Gasteiger partial charge in [0.1, 0.15) is 5.69 Å². The van der Waals surface area contributed by atoms with Crippen LogP contribution in [-0.2, 0) is 4.79 Å². The molecule has 0 saturated carbocycles. The highest BCUT2D eigenvalue weighted by molar-refractivity contribution is 5.92. The normalized spacial score (nSPS) is 10.5. The van der Waals surface area contributed by atoms with Crippen molar-refractivity contribution in [1.29, 1.82) is 0 Å². The summed E-state index contributed by atoms with van der Waals surface area (Å²) in [5.74, 6) is -0.810. The average molecular weight is 330 g/mol. The van der Waals surface area contributed by atoms with Gasteiger partial charge in [-0.25, -0.2) is 0 Å². The van der Waals surface area contributed by atoms with Crippen molar-refractivity contribution in [2.45, 2.75) is 38.5 Å². The van der Waals surface area contributed by atoms with E-state index in [2.05, 4.69) is 10.5 Å². The summed E-state index contributed by atoms with van der Waals surface area (Å²) in [6, 6.07) is 11.2. The number of nitrogens with one attached hydrogen (secondary N) is 1. The molecule has 0 fully saturated rings. The van der Waals surface area contributed by atoms with Gasteiger partial charge in [0.2, 0.25) is 5.76 Å². The fourth-order valence-electron chi connectivity index (χ4n) is 2.35. The van der Waals surface area contributed by atoms with Crippen molar-refractivity contribution in [2.24, 2.45) is 0 Å². The molecule has 1 aromatic heterocycles. The molecule has 128 valence electrons. The lowest BCUT2D eigenvalue weighted by molar-refractivity contribution is -0.137. The average Bonchev–Trinajstić information content (AvgIpc) is 3.08. The van der Waals surface area contributed by atoms with Crippen LogP contribution in [0.15, 0.2) is 40.9 Å². The van der Waals surface area contributed by atoms with Gasteiger partial charge in [-0.05, 0) is 12.8 Å². The Kier molecular flexibility index (Phi) is 7.01. The lowest BCUT2D eigenvalue weighted by Crippen LogP contribution is -2.23. The number of amides is 1. The fourth-order valence-corrected chi connectivity index (χ4v) is 2.35. The van der Waals surface area contributed by atoms with Gasteiger partial charge < -0.3 is 14.9 Å². The van der Waals surface area contributed by atoms with Crippen molar-refractivity contribution < 1.29 is 19.2 Å². The highest BCUT2D eigenvalue weighted by atomic mass is 16.5. The maximum atomic E-state index is 12.0. The molecule has 24 heavy (non-hydrogen) atoms. The Morgan fingerprint density at radius 2 is 1.75 bits per heavy atom. The van der Waals surface area contributed by atoms with Gasteiger partial charge in [0.15, 0.2) is 0 Å². The van der Waals surface area contributed by atoms with Crippen LogP contribution in [-0.4, -0.2) is 28.7 Å². The molecule has 0 atom stereocenters. The summed E-state index contributed by atoms with van der Waals surface area (Å²) in [4.78, 5) is 22.4. The van der Waals surface area contributed by atoms with Crippen molar-refractivity contribution in [3.8, 4) is 11.3 Å². The van der Waals surface area contributed by atoms with Crippen LogP contribution < -0.4 is 5.32 Å². The Morgan fingerprint density at radius 3 is 2.50 bits per heavy atom. The molecule has 0 bridgehead atoms. The second kappa shape index (κ2) is 9.50. The second-order valence-electron chi connectivity index (χ2n) is 5.61. The molecule has 1 amide bonds. The summed E-state index contributed by atoms with van der Waals surface area (Å²) in [5.41, 5.74) is 1.54. The highest BCUT2D eigenvalue weighted by Gasteiger charge is 2.13. The van der Waals surface area contributed by atoms with Crippen molar-refractivity contribution in [2.75, 3.05) is 6.54 Å². The van der Waals surface area contributed by atoms with Crippen molar-refractivity contribution >= 4 is 11.9 Å². The van der Waals surface area contributed by atoms with Crippen LogP contribution in [0.25, 0.3) is 11.3 Å². The number of carboxylic acid groups (broad SMARTS) is 1. The molecule has 6 heteroatoms. The van der Waals surface area contributed by atoms with Gasteiger partial charge in [0, 0.05) is 24.6 Å². The van der Waals surface area contributed by atoms with Crippen molar-refractivity contribution in [1.82, 2.24) is 10.5 Å². The zero-order valence-corrected chi connectivity index (χ0v) is 13.5. The highest BCUT2D eigenvalue weighted by Crippen LogP contribution is 2.18. The van der Waals surface area contributed by atoms with Crippen LogP contribution in [0.1, 0.15) is 49.1 Å². The molecule has 0 unspecified atom stereocenters.